The first-order chi connectivity index (χ1) is 15.7. The molecule has 5 aromatic rings. The number of aromatic amines is 1. The van der Waals surface area contributed by atoms with Gasteiger partial charge in [0.25, 0.3) is 5.69 Å². The zero-order chi connectivity index (χ0) is 21.9. The molecule has 1 aliphatic carbocycles. The van der Waals surface area contributed by atoms with Crippen LogP contribution in [0.15, 0.2) is 60.9 Å². The number of nitro benzene ring substituents is 1. The molecule has 1 aliphatic rings. The van der Waals surface area contributed by atoms with E-state index in [-0.39, 0.29) is 37.6 Å². The van der Waals surface area contributed by atoms with Gasteiger partial charge in [0.2, 0.25) is 0 Å². The second kappa shape index (κ2) is 11.5. The molecule has 0 amide bonds. The van der Waals surface area contributed by atoms with E-state index in [2.05, 4.69) is 15.0 Å². The van der Waals surface area contributed by atoms with E-state index in [0.29, 0.717) is 11.4 Å². The van der Waals surface area contributed by atoms with E-state index in [0.717, 1.165) is 32.8 Å². The van der Waals surface area contributed by atoms with Crippen molar-refractivity contribution >= 4 is 38.5 Å². The molecule has 0 spiro atoms. The smallest absolute Gasteiger partial charge is 1.00 e. The first-order valence-corrected chi connectivity index (χ1v) is 9.98. The van der Waals surface area contributed by atoms with Crippen molar-refractivity contribution in [3.63, 3.8) is 0 Å². The van der Waals surface area contributed by atoms with Crippen LogP contribution in [0, 0.1) is 48.6 Å². The molecule has 7 radical (unpaired) electrons. The van der Waals surface area contributed by atoms with Crippen molar-refractivity contribution in [2.45, 2.75) is 0 Å². The van der Waals surface area contributed by atoms with Crippen LogP contribution >= 0.6 is 0 Å². The fourth-order valence-corrected chi connectivity index (χ4v) is 3.63. The van der Waals surface area contributed by atoms with Gasteiger partial charge in [-0.15, -0.1) is 0 Å². The maximum Gasteiger partial charge on any atom is 3.00 e. The predicted molar refractivity (Wildman–Crippen MR) is 125 cm³/mol. The van der Waals surface area contributed by atoms with Crippen LogP contribution in [0.2, 0.25) is 0 Å². The zero-order valence-electron chi connectivity index (χ0n) is 17.6. The molecule has 6 rings (SSSR count). The molecular formula is C25H17ClN5O2Ru+2. The molecular weight excluding hydrogens is 539 g/mol. The van der Waals surface area contributed by atoms with Crippen LogP contribution < -0.4 is 12.4 Å². The number of H-pyrrole nitrogens is 1. The van der Waals surface area contributed by atoms with Gasteiger partial charge in [-0.1, -0.05) is 12.1 Å². The van der Waals surface area contributed by atoms with E-state index < -0.39 is 4.92 Å². The van der Waals surface area contributed by atoms with Crippen LogP contribution in [0.4, 0.5) is 5.69 Å². The molecule has 0 bridgehead atoms. The van der Waals surface area contributed by atoms with Crippen LogP contribution in [-0.4, -0.2) is 24.9 Å². The third-order valence-corrected chi connectivity index (χ3v) is 5.07. The number of nitrogens with zero attached hydrogens (tertiary/aromatic N) is 4. The van der Waals surface area contributed by atoms with Crippen LogP contribution in [0.25, 0.3) is 44.2 Å². The number of benzene rings is 2. The van der Waals surface area contributed by atoms with E-state index in [9.17, 15) is 10.1 Å². The van der Waals surface area contributed by atoms with Gasteiger partial charge >= 0.3 is 19.5 Å². The quantitative estimate of drug-likeness (QED) is 0.156. The minimum atomic E-state index is -0.412. The van der Waals surface area contributed by atoms with Gasteiger partial charge in [-0.2, -0.15) is 0 Å². The summed E-state index contributed by atoms with van der Waals surface area (Å²) in [5, 5.41) is 12.9. The van der Waals surface area contributed by atoms with Gasteiger partial charge in [-0.05, 0) is 62.8 Å². The molecule has 167 valence electrons. The number of nitro groups is 1. The van der Waals surface area contributed by atoms with Gasteiger partial charge in [0, 0.05) is 40.9 Å². The minimum Gasteiger partial charge on any atom is -1.00 e. The Kier molecular flexibility index (Phi) is 8.64. The largest absolute Gasteiger partial charge is 3.00 e. The van der Waals surface area contributed by atoms with Crippen LogP contribution in [0.5, 0.6) is 0 Å². The number of aromatic nitrogens is 4. The van der Waals surface area contributed by atoms with Crippen molar-refractivity contribution in [3.8, 4) is 11.4 Å². The number of non-ortho nitro benzene ring substituents is 1. The van der Waals surface area contributed by atoms with Gasteiger partial charge < -0.3 is 17.4 Å². The van der Waals surface area contributed by atoms with Crippen molar-refractivity contribution in [3.05, 3.63) is 110 Å². The summed E-state index contributed by atoms with van der Waals surface area (Å²) in [4.78, 5) is 27.6. The van der Waals surface area contributed by atoms with Crippen molar-refractivity contribution in [1.29, 1.82) is 0 Å². The average Bonchev–Trinajstić information content (AvgIpc) is 3.32. The fourth-order valence-electron chi connectivity index (χ4n) is 3.63. The number of fused-ring (bicyclic) bond motifs is 6. The molecule has 3 aromatic heterocycles. The van der Waals surface area contributed by atoms with E-state index >= 15 is 0 Å². The monoisotopic (exact) mass is 556 g/mol. The topological polar surface area (TPSA) is 97.6 Å². The third kappa shape index (κ3) is 5.08. The molecule has 0 unspecified atom stereocenters. The standard InChI is InChI=1S/C19H11N5O2.C6H6.ClH.Ru/c25-24(26)12-5-1-4-11(10-12)19-22-17-13-6-2-8-20-15(13)16-14(18(17)23-19)7-3-9-21-16;1-2-4-6-5-3-1;;/h1-10H,(H,22,23);1-6H;1H;/q;;;+3/p-1. The van der Waals surface area contributed by atoms with Crippen molar-refractivity contribution < 1.29 is 36.8 Å². The molecule has 7 nitrogen and oxygen atoms in total. The summed E-state index contributed by atoms with van der Waals surface area (Å²) in [6.45, 7) is 0. The molecule has 0 aliphatic heterocycles. The maximum absolute atomic E-state index is 11.1. The summed E-state index contributed by atoms with van der Waals surface area (Å²) < 4.78 is 0. The Bertz CT molecular complexity index is 1350. The van der Waals surface area contributed by atoms with E-state index in [1.54, 1.807) is 24.5 Å². The Labute approximate surface area is 215 Å². The number of hydrogen-bond donors (Lipinski definition) is 1. The number of halogens is 1. The average molecular weight is 556 g/mol. The Morgan fingerprint density at radius 1 is 0.765 bits per heavy atom. The molecule has 34 heavy (non-hydrogen) atoms. The first-order valence-electron chi connectivity index (χ1n) is 9.98. The molecule has 1 N–H and O–H groups in total. The van der Waals surface area contributed by atoms with E-state index in [1.165, 1.54) is 12.1 Å². The maximum atomic E-state index is 11.1. The Morgan fingerprint density at radius 2 is 1.35 bits per heavy atom. The summed E-state index contributed by atoms with van der Waals surface area (Å²) in [5.74, 6) is 0.574. The Balaban J connectivity index is 0.000000357. The van der Waals surface area contributed by atoms with Crippen LogP contribution in [0.3, 0.4) is 0 Å². The predicted octanol–water partition coefficient (Wildman–Crippen LogP) is 2.46. The van der Waals surface area contributed by atoms with Crippen molar-refractivity contribution in [2.24, 2.45) is 0 Å². The Hall–Kier alpha value is -2.96. The van der Waals surface area contributed by atoms with Crippen LogP contribution in [-0.2, 0) is 19.5 Å². The summed E-state index contributed by atoms with van der Waals surface area (Å²) in [5.41, 5.74) is 3.88. The van der Waals surface area contributed by atoms with Crippen molar-refractivity contribution in [2.75, 3.05) is 0 Å². The van der Waals surface area contributed by atoms with Gasteiger partial charge in [0.05, 0.1) is 27.0 Å². The molecule has 2 aromatic carbocycles. The molecule has 0 saturated heterocycles. The molecule has 1 fully saturated rings. The normalized spacial score (nSPS) is 12.9. The number of nitrogens with one attached hydrogen (secondary N) is 1. The van der Waals surface area contributed by atoms with Gasteiger partial charge in [-0.25, -0.2) is 4.98 Å². The summed E-state index contributed by atoms with van der Waals surface area (Å²) in [6, 6.07) is 14.1. The summed E-state index contributed by atoms with van der Waals surface area (Å²) in [7, 11) is 0. The Morgan fingerprint density at radius 3 is 1.97 bits per heavy atom. The van der Waals surface area contributed by atoms with Crippen LogP contribution in [0.1, 0.15) is 0 Å². The fraction of sp³-hybridized carbons (Fsp3) is 0. The number of pyridine rings is 2. The summed E-state index contributed by atoms with van der Waals surface area (Å²) >= 11 is 0. The van der Waals surface area contributed by atoms with Gasteiger partial charge in [-0.3, -0.25) is 20.1 Å². The number of hydrogen-bond acceptors (Lipinski definition) is 5. The zero-order valence-corrected chi connectivity index (χ0v) is 20.1. The SMILES string of the molecule is O=[N+]([O-])c1cccc(-c2nc3c4cccnc4c4ncccc4c3[nH]2)c1.[CH]1[CH][CH][CH][CH][CH]1.[Cl-].[Ru+3]. The molecule has 3 heterocycles. The van der Waals surface area contributed by atoms with Gasteiger partial charge in [0.1, 0.15) is 5.82 Å². The molecule has 9 heteroatoms. The summed E-state index contributed by atoms with van der Waals surface area (Å²) in [6.07, 6.45) is 15.5. The third-order valence-electron chi connectivity index (χ3n) is 5.07. The molecule has 0 atom stereocenters. The molecule has 1 saturated carbocycles. The first kappa shape index (κ1) is 25.7. The van der Waals surface area contributed by atoms with E-state index in [4.69, 9.17) is 4.98 Å². The number of rotatable bonds is 2. The van der Waals surface area contributed by atoms with E-state index in [1.807, 2.05) is 62.8 Å². The second-order valence-corrected chi connectivity index (χ2v) is 7.07. The second-order valence-electron chi connectivity index (χ2n) is 7.07. The number of imidazole rings is 1. The minimum absolute atomic E-state index is 0. The van der Waals surface area contributed by atoms with Crippen molar-refractivity contribution in [1.82, 2.24) is 19.9 Å². The van der Waals surface area contributed by atoms with Gasteiger partial charge in [0.15, 0.2) is 0 Å².